The highest BCUT2D eigenvalue weighted by molar-refractivity contribution is 5.52. The van der Waals surface area contributed by atoms with E-state index in [1.165, 1.54) is 0 Å². The van der Waals surface area contributed by atoms with Gasteiger partial charge in [-0.2, -0.15) is 5.10 Å². The van der Waals surface area contributed by atoms with Gasteiger partial charge in [-0.25, -0.2) is 4.68 Å². The zero-order valence-corrected chi connectivity index (χ0v) is 10.7. The Morgan fingerprint density at radius 2 is 2.00 bits per heavy atom. The number of ether oxygens (including phenoxy) is 3. The summed E-state index contributed by atoms with van der Waals surface area (Å²) in [6.07, 6.45) is 0.892. The van der Waals surface area contributed by atoms with Crippen LogP contribution in [0.3, 0.4) is 0 Å². The summed E-state index contributed by atoms with van der Waals surface area (Å²) < 4.78 is 17.4. The van der Waals surface area contributed by atoms with Crippen LogP contribution >= 0.6 is 0 Å². The first kappa shape index (κ1) is 13.8. The van der Waals surface area contributed by atoms with E-state index in [9.17, 15) is 0 Å². The fraction of sp³-hybridized carbons (Fsp3) is 0.727. The van der Waals surface area contributed by atoms with E-state index in [-0.39, 0.29) is 0 Å². The fourth-order valence-corrected chi connectivity index (χ4v) is 1.43. The molecule has 0 aliphatic carbocycles. The van der Waals surface area contributed by atoms with E-state index in [2.05, 4.69) is 5.10 Å². The van der Waals surface area contributed by atoms with Gasteiger partial charge in [0, 0.05) is 27.4 Å². The Kier molecular flexibility index (Phi) is 5.79. The van der Waals surface area contributed by atoms with Gasteiger partial charge < -0.3 is 19.9 Å². The van der Waals surface area contributed by atoms with Crippen molar-refractivity contribution in [2.75, 3.05) is 39.3 Å². The molecule has 1 rings (SSSR count). The molecule has 0 saturated carbocycles. The third-order valence-electron chi connectivity index (χ3n) is 2.32. The quantitative estimate of drug-likeness (QED) is 0.682. The Labute approximate surface area is 102 Å². The summed E-state index contributed by atoms with van der Waals surface area (Å²) in [4.78, 5) is 0. The van der Waals surface area contributed by atoms with Crippen LogP contribution in [-0.2, 0) is 16.5 Å². The lowest BCUT2D eigenvalue weighted by Gasteiger charge is -2.07. The second-order valence-corrected chi connectivity index (χ2v) is 3.74. The average molecular weight is 243 g/mol. The van der Waals surface area contributed by atoms with Gasteiger partial charge in [-0.3, -0.25) is 0 Å². The number of nitrogen functional groups attached to an aromatic ring is 1. The van der Waals surface area contributed by atoms with Crippen LogP contribution in [0.25, 0.3) is 0 Å². The second kappa shape index (κ2) is 7.13. The van der Waals surface area contributed by atoms with Crippen molar-refractivity contribution in [2.45, 2.75) is 13.3 Å². The van der Waals surface area contributed by atoms with Crippen molar-refractivity contribution in [3.05, 3.63) is 5.69 Å². The summed E-state index contributed by atoms with van der Waals surface area (Å²) in [5.41, 5.74) is 7.19. The maximum absolute atomic E-state index is 5.82. The summed E-state index contributed by atoms with van der Waals surface area (Å²) in [5.74, 6) is 0.600. The maximum atomic E-state index is 5.82. The number of aromatic nitrogens is 2. The molecule has 1 aromatic heterocycles. The van der Waals surface area contributed by atoms with Crippen LogP contribution in [0, 0.1) is 6.92 Å². The van der Waals surface area contributed by atoms with Gasteiger partial charge in [0.1, 0.15) is 12.3 Å². The largest absolute Gasteiger partial charge is 0.474 e. The first-order valence-electron chi connectivity index (χ1n) is 5.65. The first-order valence-corrected chi connectivity index (χ1v) is 5.65. The lowest BCUT2D eigenvalue weighted by atomic mass is 10.4. The molecule has 2 N–H and O–H groups in total. The first-order chi connectivity index (χ1) is 8.16. The molecule has 0 spiro atoms. The summed E-state index contributed by atoms with van der Waals surface area (Å²) in [5, 5.41) is 4.16. The van der Waals surface area contributed by atoms with Gasteiger partial charge in [0.05, 0.1) is 12.3 Å². The number of anilines is 1. The van der Waals surface area contributed by atoms with Crippen molar-refractivity contribution in [3.63, 3.8) is 0 Å². The lowest BCUT2D eigenvalue weighted by molar-refractivity contribution is 0.0787. The van der Waals surface area contributed by atoms with E-state index < -0.39 is 0 Å². The third-order valence-corrected chi connectivity index (χ3v) is 2.32. The highest BCUT2D eigenvalue weighted by atomic mass is 16.5. The predicted molar refractivity (Wildman–Crippen MR) is 65.2 cm³/mol. The molecule has 0 fully saturated rings. The van der Waals surface area contributed by atoms with Crippen molar-refractivity contribution >= 4 is 5.69 Å². The molecule has 0 atom stereocenters. The Morgan fingerprint density at radius 3 is 2.59 bits per heavy atom. The van der Waals surface area contributed by atoms with Gasteiger partial charge in [-0.1, -0.05) is 0 Å². The van der Waals surface area contributed by atoms with Gasteiger partial charge in [0.25, 0.3) is 0 Å². The van der Waals surface area contributed by atoms with Crippen LogP contribution in [-0.4, -0.2) is 43.3 Å². The Morgan fingerprint density at radius 1 is 1.24 bits per heavy atom. The molecule has 6 nitrogen and oxygen atoms in total. The minimum Gasteiger partial charge on any atom is -0.474 e. The van der Waals surface area contributed by atoms with E-state index in [1.54, 1.807) is 18.8 Å². The highest BCUT2D eigenvalue weighted by Gasteiger charge is 2.10. The van der Waals surface area contributed by atoms with Crippen LogP contribution in [0.15, 0.2) is 0 Å². The average Bonchev–Trinajstić information content (AvgIpc) is 2.54. The molecule has 6 heteroatoms. The number of methoxy groups -OCH3 is 1. The van der Waals surface area contributed by atoms with E-state index in [1.807, 2.05) is 6.92 Å². The molecule has 0 aliphatic rings. The van der Waals surface area contributed by atoms with E-state index in [4.69, 9.17) is 19.9 Å². The smallest absolute Gasteiger partial charge is 0.235 e. The van der Waals surface area contributed by atoms with E-state index in [0.29, 0.717) is 38.0 Å². The van der Waals surface area contributed by atoms with Gasteiger partial charge >= 0.3 is 0 Å². The van der Waals surface area contributed by atoms with Crippen molar-refractivity contribution in [3.8, 4) is 5.88 Å². The number of hydrogen-bond acceptors (Lipinski definition) is 5. The minimum atomic E-state index is 0.468. The van der Waals surface area contributed by atoms with Crippen molar-refractivity contribution in [1.29, 1.82) is 0 Å². The summed E-state index contributed by atoms with van der Waals surface area (Å²) in [6.45, 7) is 4.25. The molecule has 0 saturated heterocycles. The Balaban J connectivity index is 2.18. The topological polar surface area (TPSA) is 71.5 Å². The van der Waals surface area contributed by atoms with Crippen LogP contribution in [0.4, 0.5) is 5.69 Å². The summed E-state index contributed by atoms with van der Waals surface area (Å²) in [7, 11) is 3.48. The number of rotatable bonds is 8. The highest BCUT2D eigenvalue weighted by Crippen LogP contribution is 2.23. The predicted octanol–water partition coefficient (Wildman–Crippen LogP) is 0.743. The van der Waals surface area contributed by atoms with Crippen molar-refractivity contribution in [1.82, 2.24) is 9.78 Å². The van der Waals surface area contributed by atoms with Gasteiger partial charge in [0.15, 0.2) is 0 Å². The normalized spacial score (nSPS) is 10.8. The van der Waals surface area contributed by atoms with Crippen LogP contribution < -0.4 is 10.5 Å². The van der Waals surface area contributed by atoms with Crippen molar-refractivity contribution in [2.24, 2.45) is 7.05 Å². The molecular weight excluding hydrogens is 222 g/mol. The molecule has 0 radical (unpaired) electrons. The number of hydrogen-bond donors (Lipinski definition) is 1. The molecule has 0 bridgehead atoms. The molecule has 1 aromatic rings. The summed E-state index contributed by atoms with van der Waals surface area (Å²) in [6, 6.07) is 0. The van der Waals surface area contributed by atoms with Crippen LogP contribution in [0.2, 0.25) is 0 Å². The molecular formula is C11H21N3O3. The zero-order chi connectivity index (χ0) is 12.7. The molecule has 1 heterocycles. The second-order valence-electron chi connectivity index (χ2n) is 3.74. The van der Waals surface area contributed by atoms with E-state index >= 15 is 0 Å². The number of nitrogens with zero attached hydrogens (tertiary/aromatic N) is 2. The summed E-state index contributed by atoms with van der Waals surface area (Å²) >= 11 is 0. The van der Waals surface area contributed by atoms with Crippen molar-refractivity contribution < 1.29 is 14.2 Å². The number of nitrogens with two attached hydrogens (primary N) is 1. The van der Waals surface area contributed by atoms with Gasteiger partial charge in [-0.05, 0) is 13.3 Å². The molecule has 0 aliphatic heterocycles. The third kappa shape index (κ3) is 4.24. The molecule has 98 valence electrons. The standard InChI is InChI=1S/C11H21N3O3/c1-9-10(12)11(14(2)13-9)17-8-7-16-6-4-5-15-3/h4-8,12H2,1-3H3. The molecule has 0 aromatic carbocycles. The van der Waals surface area contributed by atoms with E-state index in [0.717, 1.165) is 12.1 Å². The van der Waals surface area contributed by atoms with Gasteiger partial charge in [0.2, 0.25) is 5.88 Å². The fourth-order valence-electron chi connectivity index (χ4n) is 1.43. The lowest BCUT2D eigenvalue weighted by Crippen LogP contribution is -2.11. The molecule has 0 unspecified atom stereocenters. The number of aryl methyl sites for hydroxylation is 2. The van der Waals surface area contributed by atoms with Crippen LogP contribution in [0.5, 0.6) is 5.88 Å². The van der Waals surface area contributed by atoms with Gasteiger partial charge in [-0.15, -0.1) is 0 Å². The van der Waals surface area contributed by atoms with Crippen LogP contribution in [0.1, 0.15) is 12.1 Å². The molecule has 0 amide bonds. The molecule has 17 heavy (non-hydrogen) atoms. The monoisotopic (exact) mass is 243 g/mol. The SMILES string of the molecule is COCCCOCCOc1c(N)c(C)nn1C. The Bertz CT molecular complexity index is 339. The Hall–Kier alpha value is -1.27. The minimum absolute atomic E-state index is 0.468. The zero-order valence-electron chi connectivity index (χ0n) is 10.7. The maximum Gasteiger partial charge on any atom is 0.235 e.